The maximum absolute atomic E-state index is 14.2. The molecule has 3 aromatic heterocycles. The van der Waals surface area contributed by atoms with Crippen molar-refractivity contribution in [2.45, 2.75) is 0 Å². The minimum absolute atomic E-state index is 0.360. The van der Waals surface area contributed by atoms with E-state index in [1.165, 1.54) is 12.4 Å². The average Bonchev–Trinajstić information content (AvgIpc) is 3.00. The van der Waals surface area contributed by atoms with E-state index in [1.54, 1.807) is 36.7 Å². The number of anilines is 2. The molecule has 0 aliphatic heterocycles. The molecule has 3 heterocycles. The second-order valence-corrected chi connectivity index (χ2v) is 5.81. The number of imidazole rings is 1. The van der Waals surface area contributed by atoms with E-state index in [1.807, 2.05) is 0 Å². The molecule has 1 aromatic carbocycles. The zero-order chi connectivity index (χ0) is 16.5. The van der Waals surface area contributed by atoms with Crippen LogP contribution >= 0.6 is 15.9 Å². The van der Waals surface area contributed by atoms with Gasteiger partial charge in [0.05, 0.1) is 11.1 Å². The first kappa shape index (κ1) is 14.7. The van der Waals surface area contributed by atoms with Gasteiger partial charge in [0.15, 0.2) is 5.82 Å². The van der Waals surface area contributed by atoms with Crippen LogP contribution < -0.4 is 5.32 Å². The fourth-order valence-corrected chi connectivity index (χ4v) is 2.89. The van der Waals surface area contributed by atoms with Crippen LogP contribution in [-0.4, -0.2) is 24.9 Å². The molecule has 0 fully saturated rings. The molecule has 0 aliphatic rings. The van der Waals surface area contributed by atoms with E-state index in [2.05, 4.69) is 46.2 Å². The number of benzene rings is 1. The van der Waals surface area contributed by atoms with Crippen LogP contribution in [0.15, 0.2) is 53.5 Å². The SMILES string of the molecule is Fc1cccc(Br)c1-c1nc2ccnc(Nc3ccncn3)c2[nH]1. The van der Waals surface area contributed by atoms with Crippen LogP contribution in [0.2, 0.25) is 0 Å². The third-order valence-corrected chi connectivity index (χ3v) is 4.09. The van der Waals surface area contributed by atoms with Crippen molar-refractivity contribution in [1.82, 2.24) is 24.9 Å². The number of hydrogen-bond acceptors (Lipinski definition) is 5. The lowest BCUT2D eigenvalue weighted by Gasteiger charge is -2.04. The van der Waals surface area contributed by atoms with Crippen LogP contribution in [0.1, 0.15) is 0 Å². The highest BCUT2D eigenvalue weighted by atomic mass is 79.9. The number of hydrogen-bond donors (Lipinski definition) is 2. The minimum Gasteiger partial charge on any atom is -0.335 e. The number of halogens is 2. The van der Waals surface area contributed by atoms with Crippen molar-refractivity contribution in [1.29, 1.82) is 0 Å². The molecule has 2 N–H and O–H groups in total. The predicted octanol–water partition coefficient (Wildman–Crippen LogP) is 4.06. The summed E-state index contributed by atoms with van der Waals surface area (Å²) in [5.74, 6) is 1.22. The van der Waals surface area contributed by atoms with Crippen molar-refractivity contribution in [3.63, 3.8) is 0 Å². The van der Waals surface area contributed by atoms with E-state index >= 15 is 0 Å². The van der Waals surface area contributed by atoms with Gasteiger partial charge in [-0.3, -0.25) is 0 Å². The van der Waals surface area contributed by atoms with E-state index in [0.29, 0.717) is 38.5 Å². The first-order valence-corrected chi connectivity index (χ1v) is 7.84. The highest BCUT2D eigenvalue weighted by Gasteiger charge is 2.15. The molecule has 6 nitrogen and oxygen atoms in total. The fourth-order valence-electron chi connectivity index (χ4n) is 2.36. The number of H-pyrrole nitrogens is 1. The van der Waals surface area contributed by atoms with E-state index < -0.39 is 0 Å². The van der Waals surface area contributed by atoms with Gasteiger partial charge in [-0.05, 0) is 40.2 Å². The predicted molar refractivity (Wildman–Crippen MR) is 92.3 cm³/mol. The Hall–Kier alpha value is -2.87. The summed E-state index contributed by atoms with van der Waals surface area (Å²) in [7, 11) is 0. The Morgan fingerprint density at radius 3 is 2.79 bits per heavy atom. The molecule has 0 radical (unpaired) electrons. The van der Waals surface area contributed by atoms with Crippen molar-refractivity contribution in [2.24, 2.45) is 0 Å². The van der Waals surface area contributed by atoms with Crippen molar-refractivity contribution in [2.75, 3.05) is 5.32 Å². The Kier molecular flexibility index (Phi) is 3.66. The minimum atomic E-state index is -0.360. The monoisotopic (exact) mass is 384 g/mol. The molecular formula is C16H10BrFN6. The van der Waals surface area contributed by atoms with Gasteiger partial charge in [-0.15, -0.1) is 0 Å². The Bertz CT molecular complexity index is 997. The standard InChI is InChI=1S/C16H10BrFN6/c17-9-2-1-3-10(18)13(9)15-22-11-4-7-20-16(14(11)24-15)23-12-5-6-19-8-21-12/h1-8H,(H,22,24)(H,19,20,21,23). The van der Waals surface area contributed by atoms with E-state index in [0.717, 1.165) is 0 Å². The van der Waals surface area contributed by atoms with Crippen molar-refractivity contribution < 1.29 is 4.39 Å². The van der Waals surface area contributed by atoms with Gasteiger partial charge in [-0.2, -0.15) is 0 Å². The van der Waals surface area contributed by atoms with Gasteiger partial charge >= 0.3 is 0 Å². The maximum atomic E-state index is 14.2. The van der Waals surface area contributed by atoms with E-state index in [-0.39, 0.29) is 5.82 Å². The summed E-state index contributed by atoms with van der Waals surface area (Å²) in [5.41, 5.74) is 1.72. The second kappa shape index (κ2) is 5.97. The Balaban J connectivity index is 1.83. The topological polar surface area (TPSA) is 79.4 Å². The van der Waals surface area contributed by atoms with Crippen LogP contribution in [0, 0.1) is 5.82 Å². The van der Waals surface area contributed by atoms with E-state index in [9.17, 15) is 4.39 Å². The summed E-state index contributed by atoms with van der Waals surface area (Å²) >= 11 is 3.37. The number of aromatic amines is 1. The van der Waals surface area contributed by atoms with Crippen LogP contribution in [0.3, 0.4) is 0 Å². The first-order valence-electron chi connectivity index (χ1n) is 7.04. The lowest BCUT2D eigenvalue weighted by atomic mass is 10.2. The Morgan fingerprint density at radius 2 is 2.00 bits per heavy atom. The third-order valence-electron chi connectivity index (χ3n) is 3.43. The molecule has 0 spiro atoms. The lowest BCUT2D eigenvalue weighted by molar-refractivity contribution is 0.629. The smallest absolute Gasteiger partial charge is 0.157 e. The normalized spacial score (nSPS) is 10.9. The van der Waals surface area contributed by atoms with Gasteiger partial charge in [-0.1, -0.05) is 6.07 Å². The lowest BCUT2D eigenvalue weighted by Crippen LogP contribution is -1.96. The molecule has 0 atom stereocenters. The molecule has 4 aromatic rings. The van der Waals surface area contributed by atoms with Crippen LogP contribution in [0.4, 0.5) is 16.0 Å². The van der Waals surface area contributed by atoms with Crippen LogP contribution in [0.5, 0.6) is 0 Å². The quantitative estimate of drug-likeness (QED) is 0.556. The summed E-state index contributed by atoms with van der Waals surface area (Å²) in [4.78, 5) is 19.9. The van der Waals surface area contributed by atoms with E-state index in [4.69, 9.17) is 0 Å². The van der Waals surface area contributed by atoms with Gasteiger partial charge in [0, 0.05) is 16.9 Å². The average molecular weight is 385 g/mol. The molecule has 0 unspecified atom stereocenters. The number of nitrogens with one attached hydrogen (secondary N) is 2. The fraction of sp³-hybridized carbons (Fsp3) is 0. The molecule has 118 valence electrons. The summed E-state index contributed by atoms with van der Waals surface area (Å²) < 4.78 is 14.8. The summed E-state index contributed by atoms with van der Waals surface area (Å²) in [6.07, 6.45) is 4.70. The molecule has 0 amide bonds. The van der Waals surface area contributed by atoms with Crippen molar-refractivity contribution in [3.05, 3.63) is 59.3 Å². The molecule has 0 bridgehead atoms. The molecule has 0 saturated heterocycles. The highest BCUT2D eigenvalue weighted by molar-refractivity contribution is 9.10. The number of aromatic nitrogens is 5. The summed E-state index contributed by atoms with van der Waals surface area (Å²) in [6.45, 7) is 0. The van der Waals surface area contributed by atoms with Gasteiger partial charge in [-0.25, -0.2) is 24.3 Å². The van der Waals surface area contributed by atoms with Gasteiger partial charge in [0.2, 0.25) is 0 Å². The number of fused-ring (bicyclic) bond motifs is 1. The molecule has 0 saturated carbocycles. The number of nitrogens with zero attached hydrogens (tertiary/aromatic N) is 4. The van der Waals surface area contributed by atoms with Crippen LogP contribution in [0.25, 0.3) is 22.4 Å². The molecule has 8 heteroatoms. The maximum Gasteiger partial charge on any atom is 0.157 e. The van der Waals surface area contributed by atoms with Gasteiger partial charge < -0.3 is 10.3 Å². The Morgan fingerprint density at radius 1 is 1.08 bits per heavy atom. The highest BCUT2D eigenvalue weighted by Crippen LogP contribution is 2.31. The third kappa shape index (κ3) is 2.61. The van der Waals surface area contributed by atoms with Gasteiger partial charge in [0.25, 0.3) is 0 Å². The molecule has 4 rings (SSSR count). The van der Waals surface area contributed by atoms with Crippen molar-refractivity contribution >= 4 is 38.6 Å². The largest absolute Gasteiger partial charge is 0.335 e. The number of rotatable bonds is 3. The zero-order valence-electron chi connectivity index (χ0n) is 12.2. The van der Waals surface area contributed by atoms with Gasteiger partial charge in [0.1, 0.15) is 29.3 Å². The van der Waals surface area contributed by atoms with Crippen LogP contribution in [-0.2, 0) is 0 Å². The Labute approximate surface area is 144 Å². The zero-order valence-corrected chi connectivity index (χ0v) is 13.7. The molecule has 24 heavy (non-hydrogen) atoms. The molecule has 0 aliphatic carbocycles. The molecular weight excluding hydrogens is 375 g/mol. The summed E-state index contributed by atoms with van der Waals surface area (Å²) in [6, 6.07) is 8.28. The number of pyridine rings is 1. The second-order valence-electron chi connectivity index (χ2n) is 4.96. The first-order chi connectivity index (χ1) is 11.7. The van der Waals surface area contributed by atoms with Crippen molar-refractivity contribution in [3.8, 4) is 11.4 Å². The summed E-state index contributed by atoms with van der Waals surface area (Å²) in [5, 5.41) is 3.10.